The summed E-state index contributed by atoms with van der Waals surface area (Å²) in [6.45, 7) is 3.34. The molecule has 2 atom stereocenters. The van der Waals surface area contributed by atoms with Crippen LogP contribution in [0.4, 0.5) is 0 Å². The molecule has 8 heteroatoms. The van der Waals surface area contributed by atoms with E-state index in [4.69, 9.17) is 10.5 Å². The normalized spacial score (nSPS) is 12.1. The number of ether oxygens (including phenoxy) is 1. The number of hydrogen-bond acceptors (Lipinski definition) is 6. The summed E-state index contributed by atoms with van der Waals surface area (Å²) in [4.78, 5) is 40.1. The number of carbonyl (C=O) groups excluding carboxylic acids is 3. The fraction of sp³-hybridized carbons (Fsp3) is 0.229. The standard InChI is InChI=1S/C35H38N4O4/c1-2-43-30-19-17-26(18-20-30)22-32(35(42)39-33(40)29-11-7-4-8-12-29)38-34(41)31(21-25-9-5-3-6-10-25)37-24-28-15-13-27(23-36)14-16-28/h3-20,31-32,37H,2,21-24,36H2,1H3,(H,38,41)(H,39,40,42)/t31-,32+/m0/s1. The molecule has 5 N–H and O–H groups in total. The second-order valence-electron chi connectivity index (χ2n) is 10.2. The molecule has 0 aliphatic heterocycles. The summed E-state index contributed by atoms with van der Waals surface area (Å²) in [5, 5.41) is 8.75. The average Bonchev–Trinajstić information content (AvgIpc) is 3.04. The number of nitrogens with two attached hydrogens (primary N) is 1. The highest BCUT2D eigenvalue weighted by Gasteiger charge is 2.27. The molecule has 0 aromatic heterocycles. The van der Waals surface area contributed by atoms with E-state index in [1.165, 1.54) is 0 Å². The second kappa shape index (κ2) is 16.0. The van der Waals surface area contributed by atoms with Crippen molar-refractivity contribution >= 4 is 17.7 Å². The van der Waals surface area contributed by atoms with Crippen LogP contribution in [0.15, 0.2) is 109 Å². The number of rotatable bonds is 14. The Hall–Kier alpha value is -4.79. The Bertz CT molecular complexity index is 1460. The van der Waals surface area contributed by atoms with E-state index in [1.54, 1.807) is 30.3 Å². The number of hydrogen-bond donors (Lipinski definition) is 4. The van der Waals surface area contributed by atoms with Gasteiger partial charge in [-0.25, -0.2) is 0 Å². The summed E-state index contributed by atoms with van der Waals surface area (Å²) in [5.41, 5.74) is 9.89. The van der Waals surface area contributed by atoms with Crippen molar-refractivity contribution in [1.82, 2.24) is 16.0 Å². The zero-order valence-corrected chi connectivity index (χ0v) is 24.3. The van der Waals surface area contributed by atoms with Crippen molar-refractivity contribution in [3.05, 3.63) is 137 Å². The molecule has 0 aliphatic carbocycles. The minimum absolute atomic E-state index is 0.185. The smallest absolute Gasteiger partial charge is 0.257 e. The summed E-state index contributed by atoms with van der Waals surface area (Å²) in [6.07, 6.45) is 0.596. The zero-order valence-electron chi connectivity index (χ0n) is 24.3. The van der Waals surface area contributed by atoms with Crippen LogP contribution < -0.4 is 26.4 Å². The van der Waals surface area contributed by atoms with Crippen LogP contribution in [0.5, 0.6) is 5.75 Å². The van der Waals surface area contributed by atoms with Crippen LogP contribution in [0.2, 0.25) is 0 Å². The number of amides is 3. The molecule has 0 unspecified atom stereocenters. The van der Waals surface area contributed by atoms with Gasteiger partial charge >= 0.3 is 0 Å². The fourth-order valence-corrected chi connectivity index (χ4v) is 4.61. The molecule has 3 amide bonds. The van der Waals surface area contributed by atoms with Gasteiger partial charge in [0.2, 0.25) is 11.8 Å². The third-order valence-electron chi connectivity index (χ3n) is 6.99. The van der Waals surface area contributed by atoms with Gasteiger partial charge in [-0.3, -0.25) is 19.7 Å². The minimum atomic E-state index is -0.998. The maximum absolute atomic E-state index is 13.8. The van der Waals surface area contributed by atoms with Crippen LogP contribution in [-0.4, -0.2) is 36.4 Å². The van der Waals surface area contributed by atoms with Gasteiger partial charge in [0.1, 0.15) is 11.8 Å². The molecule has 8 nitrogen and oxygen atoms in total. The Morgan fingerprint density at radius 1 is 0.674 bits per heavy atom. The lowest BCUT2D eigenvalue weighted by Gasteiger charge is -2.23. The lowest BCUT2D eigenvalue weighted by atomic mass is 10.0. The van der Waals surface area contributed by atoms with Gasteiger partial charge < -0.3 is 21.1 Å². The molecule has 0 fully saturated rings. The van der Waals surface area contributed by atoms with Crippen molar-refractivity contribution in [2.45, 2.75) is 44.9 Å². The molecule has 4 aromatic rings. The van der Waals surface area contributed by atoms with Crippen LogP contribution in [0.25, 0.3) is 0 Å². The van der Waals surface area contributed by atoms with E-state index in [1.807, 2.05) is 85.8 Å². The van der Waals surface area contributed by atoms with Crippen molar-refractivity contribution in [3.63, 3.8) is 0 Å². The Labute approximate surface area is 252 Å². The van der Waals surface area contributed by atoms with Gasteiger partial charge in [-0.2, -0.15) is 0 Å². The predicted molar refractivity (Wildman–Crippen MR) is 167 cm³/mol. The third kappa shape index (κ3) is 9.63. The molecule has 0 heterocycles. The Morgan fingerprint density at radius 2 is 1.23 bits per heavy atom. The summed E-state index contributed by atoms with van der Waals surface area (Å²) < 4.78 is 5.54. The van der Waals surface area contributed by atoms with E-state index < -0.39 is 23.9 Å². The van der Waals surface area contributed by atoms with E-state index in [-0.39, 0.29) is 12.3 Å². The largest absolute Gasteiger partial charge is 0.494 e. The third-order valence-corrected chi connectivity index (χ3v) is 6.99. The first kappa shape index (κ1) is 31.2. The lowest BCUT2D eigenvalue weighted by molar-refractivity contribution is -0.129. The molecule has 0 saturated heterocycles. The molecule has 0 saturated carbocycles. The summed E-state index contributed by atoms with van der Waals surface area (Å²) >= 11 is 0. The van der Waals surface area contributed by atoms with Crippen molar-refractivity contribution in [3.8, 4) is 5.75 Å². The number of benzene rings is 4. The quantitative estimate of drug-likeness (QED) is 0.180. The SMILES string of the molecule is CCOc1ccc(C[C@@H](NC(=O)[C@H](Cc2ccccc2)NCc2ccc(CN)cc2)C(=O)NC(=O)c2ccccc2)cc1. The monoisotopic (exact) mass is 578 g/mol. The first-order valence-corrected chi connectivity index (χ1v) is 14.4. The molecular weight excluding hydrogens is 540 g/mol. The second-order valence-corrected chi connectivity index (χ2v) is 10.2. The molecule has 0 radical (unpaired) electrons. The molecule has 0 bridgehead atoms. The van der Waals surface area contributed by atoms with Crippen LogP contribution in [-0.2, 0) is 35.5 Å². The summed E-state index contributed by atoms with van der Waals surface area (Å²) in [7, 11) is 0. The van der Waals surface area contributed by atoms with Crippen LogP contribution in [0, 0.1) is 0 Å². The highest BCUT2D eigenvalue weighted by molar-refractivity contribution is 6.06. The van der Waals surface area contributed by atoms with Gasteiger partial charge in [0.05, 0.1) is 12.6 Å². The van der Waals surface area contributed by atoms with Crippen molar-refractivity contribution in [2.24, 2.45) is 5.73 Å². The Morgan fingerprint density at radius 3 is 1.86 bits per heavy atom. The van der Waals surface area contributed by atoms with Gasteiger partial charge in [0.15, 0.2) is 0 Å². The van der Waals surface area contributed by atoms with E-state index >= 15 is 0 Å². The van der Waals surface area contributed by atoms with Gasteiger partial charge in [-0.15, -0.1) is 0 Å². The van der Waals surface area contributed by atoms with E-state index in [9.17, 15) is 14.4 Å². The summed E-state index contributed by atoms with van der Waals surface area (Å²) in [6, 6.07) is 31.8. The number of nitrogens with one attached hydrogen (secondary N) is 3. The van der Waals surface area contributed by atoms with Gasteiger partial charge in [-0.05, 0) is 59.9 Å². The maximum atomic E-state index is 13.8. The van der Waals surface area contributed by atoms with Crippen molar-refractivity contribution in [1.29, 1.82) is 0 Å². The van der Waals surface area contributed by atoms with Gasteiger partial charge in [0.25, 0.3) is 5.91 Å². The minimum Gasteiger partial charge on any atom is -0.494 e. The predicted octanol–water partition coefficient (Wildman–Crippen LogP) is 3.93. The zero-order chi connectivity index (χ0) is 30.4. The first-order valence-electron chi connectivity index (χ1n) is 14.4. The molecule has 4 aromatic carbocycles. The molecule has 222 valence electrons. The van der Waals surface area contributed by atoms with E-state index in [0.29, 0.717) is 37.4 Å². The maximum Gasteiger partial charge on any atom is 0.257 e. The van der Waals surface area contributed by atoms with Gasteiger partial charge in [-0.1, -0.05) is 84.9 Å². The van der Waals surface area contributed by atoms with Crippen LogP contribution in [0.3, 0.4) is 0 Å². The van der Waals surface area contributed by atoms with Crippen LogP contribution in [0.1, 0.15) is 39.5 Å². The van der Waals surface area contributed by atoms with Crippen molar-refractivity contribution < 1.29 is 19.1 Å². The van der Waals surface area contributed by atoms with E-state index in [2.05, 4.69) is 16.0 Å². The van der Waals surface area contributed by atoms with Crippen LogP contribution >= 0.6 is 0 Å². The topological polar surface area (TPSA) is 123 Å². The van der Waals surface area contributed by atoms with Gasteiger partial charge in [0, 0.05) is 25.1 Å². The lowest BCUT2D eigenvalue weighted by Crippen LogP contribution is -2.54. The molecular formula is C35H38N4O4. The van der Waals surface area contributed by atoms with E-state index in [0.717, 1.165) is 22.3 Å². The fourth-order valence-electron chi connectivity index (χ4n) is 4.61. The highest BCUT2D eigenvalue weighted by Crippen LogP contribution is 2.14. The molecule has 0 spiro atoms. The number of imide groups is 1. The Kier molecular flexibility index (Phi) is 11.6. The van der Waals surface area contributed by atoms with Crippen molar-refractivity contribution in [2.75, 3.05) is 6.61 Å². The molecule has 43 heavy (non-hydrogen) atoms. The molecule has 4 rings (SSSR count). The molecule has 0 aliphatic rings. The summed E-state index contributed by atoms with van der Waals surface area (Å²) in [5.74, 6) is -0.758. The number of carbonyl (C=O) groups is 3. The average molecular weight is 579 g/mol. The Balaban J connectivity index is 1.53. The highest BCUT2D eigenvalue weighted by atomic mass is 16.5. The first-order chi connectivity index (χ1) is 20.9.